The molecular weight excluding hydrogens is 444 g/mol. The Labute approximate surface area is 204 Å². The number of alkyl carbamates (subject to hydrolysis) is 1. The number of nitrogens with zero attached hydrogens (tertiary/aromatic N) is 1. The first-order chi connectivity index (χ1) is 16.9. The van der Waals surface area contributed by atoms with Crippen molar-refractivity contribution >= 4 is 18.0 Å². The molecule has 7 nitrogen and oxygen atoms in total. The van der Waals surface area contributed by atoms with Crippen LogP contribution in [0.1, 0.15) is 34.6 Å². The Morgan fingerprint density at radius 3 is 2.09 bits per heavy atom. The Hall–Kier alpha value is -4.13. The first-order valence-corrected chi connectivity index (χ1v) is 11.6. The minimum atomic E-state index is -0.947. The van der Waals surface area contributed by atoms with Crippen molar-refractivity contribution in [3.05, 3.63) is 95.1 Å². The summed E-state index contributed by atoms with van der Waals surface area (Å²) in [6.07, 6.45) is -0.502. The number of carbonyl (C=O) groups excluding carboxylic acids is 2. The van der Waals surface area contributed by atoms with Crippen molar-refractivity contribution in [1.82, 2.24) is 10.2 Å². The van der Waals surface area contributed by atoms with Gasteiger partial charge in [-0.3, -0.25) is 9.59 Å². The summed E-state index contributed by atoms with van der Waals surface area (Å²) in [4.78, 5) is 37.2. The van der Waals surface area contributed by atoms with Crippen LogP contribution in [0.3, 0.4) is 0 Å². The first-order valence-electron chi connectivity index (χ1n) is 11.6. The SMILES string of the molecule is CN(CCC(=O)O)C(=O)Cc1ccccc1CNC(=O)OCC1c2ccccc2-c2ccccc21. The van der Waals surface area contributed by atoms with Crippen LogP contribution in [0.5, 0.6) is 0 Å². The molecule has 0 atom stereocenters. The van der Waals surface area contributed by atoms with Gasteiger partial charge in [0.15, 0.2) is 0 Å². The summed E-state index contributed by atoms with van der Waals surface area (Å²) < 4.78 is 5.59. The molecule has 0 spiro atoms. The van der Waals surface area contributed by atoms with E-state index in [0.717, 1.165) is 22.3 Å². The zero-order chi connectivity index (χ0) is 24.8. The lowest BCUT2D eigenvalue weighted by atomic mass is 9.98. The molecule has 0 aliphatic heterocycles. The number of hydrogen-bond acceptors (Lipinski definition) is 4. The van der Waals surface area contributed by atoms with E-state index in [1.165, 1.54) is 16.0 Å². The summed E-state index contributed by atoms with van der Waals surface area (Å²) in [5.41, 5.74) is 6.22. The van der Waals surface area contributed by atoms with Crippen LogP contribution < -0.4 is 5.32 Å². The molecular formula is C28H28N2O5. The molecule has 0 aromatic heterocycles. The first kappa shape index (κ1) is 24.0. The molecule has 35 heavy (non-hydrogen) atoms. The standard InChI is InChI=1S/C28H28N2O5/c1-30(15-14-27(32)33)26(31)16-19-8-2-3-9-20(19)17-29-28(34)35-18-25-23-12-6-4-10-21(23)22-11-5-7-13-24(22)25/h2-13,25H,14-18H2,1H3,(H,29,34)(H,32,33). The van der Waals surface area contributed by atoms with Crippen molar-refractivity contribution in [3.8, 4) is 11.1 Å². The molecule has 3 aromatic rings. The van der Waals surface area contributed by atoms with Gasteiger partial charge in [-0.15, -0.1) is 0 Å². The molecule has 0 saturated heterocycles. The summed E-state index contributed by atoms with van der Waals surface area (Å²) in [6.45, 7) is 0.599. The van der Waals surface area contributed by atoms with Gasteiger partial charge in [-0.2, -0.15) is 0 Å². The summed E-state index contributed by atoms with van der Waals surface area (Å²) in [6, 6.07) is 23.7. The lowest BCUT2D eigenvalue weighted by molar-refractivity contribution is -0.138. The normalized spacial score (nSPS) is 11.9. The summed E-state index contributed by atoms with van der Waals surface area (Å²) in [7, 11) is 1.59. The molecule has 2 N–H and O–H groups in total. The zero-order valence-electron chi connectivity index (χ0n) is 19.6. The van der Waals surface area contributed by atoms with Crippen molar-refractivity contribution < 1.29 is 24.2 Å². The fourth-order valence-electron chi connectivity index (χ4n) is 4.41. The highest BCUT2D eigenvalue weighted by Crippen LogP contribution is 2.44. The monoisotopic (exact) mass is 472 g/mol. The molecule has 4 rings (SSSR count). The molecule has 2 amide bonds. The van der Waals surface area contributed by atoms with E-state index in [0.29, 0.717) is 0 Å². The molecule has 0 heterocycles. The molecule has 0 fully saturated rings. The Kier molecular flexibility index (Phi) is 7.45. The minimum Gasteiger partial charge on any atom is -0.481 e. The number of hydrogen-bond donors (Lipinski definition) is 2. The molecule has 7 heteroatoms. The predicted octanol–water partition coefficient (Wildman–Crippen LogP) is 4.20. The number of rotatable bonds is 9. The van der Waals surface area contributed by atoms with Gasteiger partial charge in [0, 0.05) is 26.1 Å². The summed E-state index contributed by atoms with van der Waals surface area (Å²) >= 11 is 0. The average Bonchev–Trinajstić information content (AvgIpc) is 3.19. The number of aliphatic carboxylic acids is 1. The maximum absolute atomic E-state index is 12.5. The topological polar surface area (TPSA) is 95.9 Å². The average molecular weight is 473 g/mol. The maximum Gasteiger partial charge on any atom is 0.407 e. The van der Waals surface area contributed by atoms with E-state index in [1.807, 2.05) is 48.5 Å². The molecule has 1 aliphatic rings. The van der Waals surface area contributed by atoms with Gasteiger partial charge in [0.25, 0.3) is 0 Å². The van der Waals surface area contributed by atoms with Crippen molar-refractivity contribution in [2.45, 2.75) is 25.3 Å². The molecule has 0 radical (unpaired) electrons. The number of nitrogens with one attached hydrogen (secondary N) is 1. The second kappa shape index (κ2) is 10.9. The van der Waals surface area contributed by atoms with Gasteiger partial charge in [-0.05, 0) is 33.4 Å². The number of carbonyl (C=O) groups is 3. The highest BCUT2D eigenvalue weighted by molar-refractivity contribution is 5.80. The summed E-state index contributed by atoms with van der Waals surface area (Å²) in [5.74, 6) is -1.14. The van der Waals surface area contributed by atoms with Gasteiger partial charge in [-0.1, -0.05) is 72.8 Å². The van der Waals surface area contributed by atoms with Crippen LogP contribution >= 0.6 is 0 Å². The minimum absolute atomic E-state index is 0.0144. The number of carboxylic acids is 1. The van der Waals surface area contributed by atoms with Gasteiger partial charge in [0.1, 0.15) is 6.61 Å². The van der Waals surface area contributed by atoms with Gasteiger partial charge >= 0.3 is 12.1 Å². The lowest BCUT2D eigenvalue weighted by Gasteiger charge is -2.18. The Morgan fingerprint density at radius 2 is 1.46 bits per heavy atom. The van der Waals surface area contributed by atoms with E-state index >= 15 is 0 Å². The molecule has 3 aromatic carbocycles. The molecule has 0 saturated carbocycles. The van der Waals surface area contributed by atoms with Crippen molar-refractivity contribution in [2.75, 3.05) is 20.2 Å². The maximum atomic E-state index is 12.5. The summed E-state index contributed by atoms with van der Waals surface area (Å²) in [5, 5.41) is 11.6. The van der Waals surface area contributed by atoms with Crippen LogP contribution in [-0.4, -0.2) is 48.2 Å². The van der Waals surface area contributed by atoms with E-state index in [-0.39, 0.29) is 44.4 Å². The van der Waals surface area contributed by atoms with Crippen molar-refractivity contribution in [3.63, 3.8) is 0 Å². The molecule has 1 aliphatic carbocycles. The smallest absolute Gasteiger partial charge is 0.407 e. The third-order valence-electron chi connectivity index (χ3n) is 6.31. The quantitative estimate of drug-likeness (QED) is 0.487. The van der Waals surface area contributed by atoms with Crippen LogP contribution in [0, 0.1) is 0 Å². The van der Waals surface area contributed by atoms with Crippen LogP contribution in [0.25, 0.3) is 11.1 Å². The fourth-order valence-corrected chi connectivity index (χ4v) is 4.41. The van der Waals surface area contributed by atoms with E-state index in [2.05, 4.69) is 29.6 Å². The number of benzene rings is 3. The van der Waals surface area contributed by atoms with Gasteiger partial charge in [0.2, 0.25) is 5.91 Å². The van der Waals surface area contributed by atoms with Crippen molar-refractivity contribution in [2.24, 2.45) is 0 Å². The second-order valence-electron chi connectivity index (χ2n) is 8.58. The Morgan fingerprint density at radius 1 is 0.886 bits per heavy atom. The van der Waals surface area contributed by atoms with E-state index in [9.17, 15) is 14.4 Å². The van der Waals surface area contributed by atoms with Crippen LogP contribution in [0.4, 0.5) is 4.79 Å². The molecule has 180 valence electrons. The molecule has 0 bridgehead atoms. The lowest BCUT2D eigenvalue weighted by Crippen LogP contribution is -2.31. The van der Waals surface area contributed by atoms with Crippen LogP contribution in [0.15, 0.2) is 72.8 Å². The third-order valence-corrected chi connectivity index (χ3v) is 6.31. The highest BCUT2D eigenvalue weighted by atomic mass is 16.5. The Balaban J connectivity index is 1.34. The van der Waals surface area contributed by atoms with Gasteiger partial charge < -0.3 is 20.1 Å². The van der Waals surface area contributed by atoms with E-state index in [4.69, 9.17) is 9.84 Å². The Bertz CT molecular complexity index is 1190. The van der Waals surface area contributed by atoms with Gasteiger partial charge in [-0.25, -0.2) is 4.79 Å². The fraction of sp³-hybridized carbons (Fsp3) is 0.250. The van der Waals surface area contributed by atoms with Crippen LogP contribution in [0.2, 0.25) is 0 Å². The number of carboxylic acid groups (broad SMARTS) is 1. The largest absolute Gasteiger partial charge is 0.481 e. The number of likely N-dealkylation sites (N-methyl/N-ethyl adjacent to an activating group) is 1. The van der Waals surface area contributed by atoms with Crippen molar-refractivity contribution in [1.29, 1.82) is 0 Å². The van der Waals surface area contributed by atoms with Crippen LogP contribution in [-0.2, 0) is 27.3 Å². The highest BCUT2D eigenvalue weighted by Gasteiger charge is 2.29. The molecule has 0 unspecified atom stereocenters. The number of amides is 2. The third kappa shape index (κ3) is 5.69. The van der Waals surface area contributed by atoms with E-state index in [1.54, 1.807) is 7.05 Å². The number of fused-ring (bicyclic) bond motifs is 3. The van der Waals surface area contributed by atoms with E-state index < -0.39 is 12.1 Å². The number of ether oxygens (including phenoxy) is 1. The van der Waals surface area contributed by atoms with Gasteiger partial charge in [0.05, 0.1) is 12.8 Å². The second-order valence-corrected chi connectivity index (χ2v) is 8.58. The zero-order valence-corrected chi connectivity index (χ0v) is 19.6. The predicted molar refractivity (Wildman–Crippen MR) is 132 cm³/mol.